The fourth-order valence-electron chi connectivity index (χ4n) is 1.96. The first-order valence-electron chi connectivity index (χ1n) is 5.76. The zero-order valence-electron chi connectivity index (χ0n) is 9.86. The van der Waals surface area contributed by atoms with E-state index in [0.29, 0.717) is 0 Å². The summed E-state index contributed by atoms with van der Waals surface area (Å²) in [5, 5.41) is 0.762. The van der Waals surface area contributed by atoms with Gasteiger partial charge in [0.1, 0.15) is 0 Å². The van der Waals surface area contributed by atoms with Crippen molar-refractivity contribution in [1.29, 1.82) is 0 Å². The molecule has 1 nitrogen and oxygen atoms in total. The van der Waals surface area contributed by atoms with E-state index in [1.54, 1.807) is 0 Å². The Hall–Kier alpha value is -1.31. The summed E-state index contributed by atoms with van der Waals surface area (Å²) in [4.78, 5) is 0. The molecule has 0 amide bonds. The first-order chi connectivity index (χ1) is 8.16. The Morgan fingerprint density at radius 1 is 1.06 bits per heavy atom. The summed E-state index contributed by atoms with van der Waals surface area (Å²) >= 11 is 5.90. The standard InChI is InChI=1S/C15H16ClN/c1-11(17)10-13-4-2-3-5-15(13)12-6-8-14(16)9-7-12/h2-9,11H,10,17H2,1H3. The van der Waals surface area contributed by atoms with Crippen molar-refractivity contribution in [3.63, 3.8) is 0 Å². The van der Waals surface area contributed by atoms with Gasteiger partial charge in [0.2, 0.25) is 0 Å². The number of benzene rings is 2. The van der Waals surface area contributed by atoms with E-state index < -0.39 is 0 Å². The molecule has 1 atom stereocenters. The lowest BCUT2D eigenvalue weighted by Crippen LogP contribution is -2.18. The highest BCUT2D eigenvalue weighted by atomic mass is 35.5. The Bertz CT molecular complexity index is 489. The van der Waals surface area contributed by atoms with Crippen molar-refractivity contribution in [3.8, 4) is 11.1 Å². The highest BCUT2D eigenvalue weighted by molar-refractivity contribution is 6.30. The average Bonchev–Trinajstić information content (AvgIpc) is 2.30. The molecule has 2 N–H and O–H groups in total. The van der Waals surface area contributed by atoms with Gasteiger partial charge < -0.3 is 5.73 Å². The molecule has 17 heavy (non-hydrogen) atoms. The van der Waals surface area contributed by atoms with Crippen LogP contribution in [0.25, 0.3) is 11.1 Å². The second-order valence-corrected chi connectivity index (χ2v) is 4.78. The predicted octanol–water partition coefficient (Wildman–Crippen LogP) is 3.90. The molecular formula is C15H16ClN. The van der Waals surface area contributed by atoms with Gasteiger partial charge in [0.15, 0.2) is 0 Å². The second-order valence-electron chi connectivity index (χ2n) is 4.35. The maximum Gasteiger partial charge on any atom is 0.0406 e. The molecule has 0 bridgehead atoms. The van der Waals surface area contributed by atoms with Gasteiger partial charge in [-0.3, -0.25) is 0 Å². The average molecular weight is 246 g/mol. The summed E-state index contributed by atoms with van der Waals surface area (Å²) in [6, 6.07) is 16.5. The molecule has 0 heterocycles. The van der Waals surface area contributed by atoms with Crippen LogP contribution in [0.3, 0.4) is 0 Å². The maximum atomic E-state index is 5.90. The van der Waals surface area contributed by atoms with Crippen molar-refractivity contribution in [1.82, 2.24) is 0 Å². The Labute approximate surface area is 107 Å². The minimum Gasteiger partial charge on any atom is -0.328 e. The van der Waals surface area contributed by atoms with Gasteiger partial charge >= 0.3 is 0 Å². The summed E-state index contributed by atoms with van der Waals surface area (Å²) in [5.74, 6) is 0. The van der Waals surface area contributed by atoms with Crippen molar-refractivity contribution in [2.75, 3.05) is 0 Å². The van der Waals surface area contributed by atoms with Gasteiger partial charge in [-0.1, -0.05) is 48.0 Å². The monoisotopic (exact) mass is 245 g/mol. The van der Waals surface area contributed by atoms with Crippen LogP contribution in [0.2, 0.25) is 5.02 Å². The van der Waals surface area contributed by atoms with Crippen molar-refractivity contribution >= 4 is 11.6 Å². The highest BCUT2D eigenvalue weighted by Crippen LogP contribution is 2.25. The predicted molar refractivity (Wildman–Crippen MR) is 74.2 cm³/mol. The lowest BCUT2D eigenvalue weighted by Gasteiger charge is -2.11. The molecule has 2 heteroatoms. The molecule has 0 saturated carbocycles. The molecule has 0 radical (unpaired) electrons. The van der Waals surface area contributed by atoms with E-state index in [9.17, 15) is 0 Å². The van der Waals surface area contributed by atoms with E-state index in [2.05, 4.69) is 24.3 Å². The van der Waals surface area contributed by atoms with E-state index in [-0.39, 0.29) is 6.04 Å². The molecule has 0 aromatic heterocycles. The van der Waals surface area contributed by atoms with Crippen LogP contribution in [0.5, 0.6) is 0 Å². The van der Waals surface area contributed by atoms with Crippen LogP contribution in [0.15, 0.2) is 48.5 Å². The number of hydrogen-bond acceptors (Lipinski definition) is 1. The fraction of sp³-hybridized carbons (Fsp3) is 0.200. The molecule has 2 aromatic rings. The third-order valence-corrected chi connectivity index (χ3v) is 2.97. The molecule has 88 valence electrons. The zero-order valence-corrected chi connectivity index (χ0v) is 10.6. The fourth-order valence-corrected chi connectivity index (χ4v) is 2.08. The summed E-state index contributed by atoms with van der Waals surface area (Å²) in [6.45, 7) is 2.03. The van der Waals surface area contributed by atoms with Crippen LogP contribution in [0.1, 0.15) is 12.5 Å². The normalized spacial score (nSPS) is 12.4. The lowest BCUT2D eigenvalue weighted by molar-refractivity contribution is 0.739. The highest BCUT2D eigenvalue weighted by Gasteiger charge is 2.06. The summed E-state index contributed by atoms with van der Waals surface area (Å²) in [5.41, 5.74) is 9.58. The Morgan fingerprint density at radius 3 is 2.35 bits per heavy atom. The van der Waals surface area contributed by atoms with Crippen LogP contribution in [-0.4, -0.2) is 6.04 Å². The van der Waals surface area contributed by atoms with E-state index in [1.165, 1.54) is 16.7 Å². The summed E-state index contributed by atoms with van der Waals surface area (Å²) in [7, 11) is 0. The van der Waals surface area contributed by atoms with Crippen LogP contribution < -0.4 is 5.73 Å². The van der Waals surface area contributed by atoms with E-state index in [1.807, 2.05) is 31.2 Å². The SMILES string of the molecule is CC(N)Cc1ccccc1-c1ccc(Cl)cc1. The first-order valence-corrected chi connectivity index (χ1v) is 6.14. The molecule has 0 saturated heterocycles. The number of rotatable bonds is 3. The molecule has 0 fully saturated rings. The third kappa shape index (κ3) is 3.09. The Kier molecular flexibility index (Phi) is 3.82. The molecule has 1 unspecified atom stereocenters. The number of hydrogen-bond donors (Lipinski definition) is 1. The molecule has 2 aromatic carbocycles. The van der Waals surface area contributed by atoms with Crippen LogP contribution in [-0.2, 0) is 6.42 Å². The first kappa shape index (κ1) is 12.2. The molecule has 2 rings (SSSR count). The van der Waals surface area contributed by atoms with Gasteiger partial charge in [0, 0.05) is 11.1 Å². The van der Waals surface area contributed by atoms with Gasteiger partial charge in [-0.2, -0.15) is 0 Å². The van der Waals surface area contributed by atoms with Crippen LogP contribution >= 0.6 is 11.6 Å². The largest absolute Gasteiger partial charge is 0.328 e. The molecule has 0 aliphatic rings. The van der Waals surface area contributed by atoms with Crippen LogP contribution in [0.4, 0.5) is 0 Å². The van der Waals surface area contributed by atoms with Gasteiger partial charge in [-0.05, 0) is 42.2 Å². The van der Waals surface area contributed by atoms with E-state index >= 15 is 0 Å². The van der Waals surface area contributed by atoms with Crippen molar-refractivity contribution in [2.45, 2.75) is 19.4 Å². The maximum absolute atomic E-state index is 5.90. The van der Waals surface area contributed by atoms with Crippen molar-refractivity contribution < 1.29 is 0 Å². The molecule has 0 spiro atoms. The minimum atomic E-state index is 0.170. The number of halogens is 1. The molecule has 0 aliphatic heterocycles. The minimum absolute atomic E-state index is 0.170. The van der Waals surface area contributed by atoms with Crippen molar-refractivity contribution in [2.24, 2.45) is 5.73 Å². The third-order valence-electron chi connectivity index (χ3n) is 2.71. The van der Waals surface area contributed by atoms with Crippen molar-refractivity contribution in [3.05, 3.63) is 59.1 Å². The van der Waals surface area contributed by atoms with E-state index in [0.717, 1.165) is 11.4 Å². The van der Waals surface area contributed by atoms with Gasteiger partial charge in [-0.15, -0.1) is 0 Å². The smallest absolute Gasteiger partial charge is 0.0406 e. The van der Waals surface area contributed by atoms with Gasteiger partial charge in [0.05, 0.1) is 0 Å². The Balaban J connectivity index is 2.40. The lowest BCUT2D eigenvalue weighted by atomic mass is 9.96. The molecule has 0 aliphatic carbocycles. The Morgan fingerprint density at radius 2 is 1.71 bits per heavy atom. The van der Waals surface area contributed by atoms with Crippen LogP contribution in [0, 0.1) is 0 Å². The van der Waals surface area contributed by atoms with Gasteiger partial charge in [-0.25, -0.2) is 0 Å². The molecular weight excluding hydrogens is 230 g/mol. The zero-order chi connectivity index (χ0) is 12.3. The van der Waals surface area contributed by atoms with Gasteiger partial charge in [0.25, 0.3) is 0 Å². The number of nitrogens with two attached hydrogens (primary N) is 1. The summed E-state index contributed by atoms with van der Waals surface area (Å²) in [6.07, 6.45) is 0.888. The second kappa shape index (κ2) is 5.35. The topological polar surface area (TPSA) is 26.0 Å². The summed E-state index contributed by atoms with van der Waals surface area (Å²) < 4.78 is 0. The van der Waals surface area contributed by atoms with E-state index in [4.69, 9.17) is 17.3 Å². The quantitative estimate of drug-likeness (QED) is 0.872.